The highest BCUT2D eigenvalue weighted by atomic mass is 15.2. The van der Waals surface area contributed by atoms with Gasteiger partial charge in [-0.15, -0.1) is 0 Å². The van der Waals surface area contributed by atoms with E-state index < -0.39 is 0 Å². The van der Waals surface area contributed by atoms with E-state index in [-0.39, 0.29) is 0 Å². The van der Waals surface area contributed by atoms with E-state index in [1.54, 1.807) is 4.90 Å². The van der Waals surface area contributed by atoms with Gasteiger partial charge < -0.3 is 14.4 Å². The van der Waals surface area contributed by atoms with E-state index in [2.05, 4.69) is 4.90 Å². The third kappa shape index (κ3) is 3.24. The fraction of sp³-hybridized carbons (Fsp3) is 0.647. The molecule has 3 rings (SSSR count). The molecule has 0 aromatic carbocycles. The average Bonchev–Trinajstić information content (AvgIpc) is 2.92. The fourth-order valence-corrected chi connectivity index (χ4v) is 3.49. The van der Waals surface area contributed by atoms with Gasteiger partial charge in [-0.1, -0.05) is 0 Å². The quantitative estimate of drug-likeness (QED) is 0.481. The molecule has 1 aliphatic heterocycles. The highest BCUT2D eigenvalue weighted by Crippen LogP contribution is 2.44. The molecule has 2 heterocycles. The molecule has 120 valence electrons. The maximum atomic E-state index is 8.22. The Bertz CT molecular complexity index is 551. The second kappa shape index (κ2) is 6.24. The molecule has 2 atom stereocenters. The number of nitrogens with zero attached hydrogens (tertiary/aromatic N) is 3. The van der Waals surface area contributed by atoms with E-state index in [0.717, 1.165) is 36.8 Å². The summed E-state index contributed by atoms with van der Waals surface area (Å²) in [5.74, 6) is 2.96. The monoisotopic (exact) mass is 301 g/mol. The maximum Gasteiger partial charge on any atom is 0.150 e. The zero-order chi connectivity index (χ0) is 15.7. The van der Waals surface area contributed by atoms with E-state index in [1.807, 2.05) is 37.0 Å². The highest BCUT2D eigenvalue weighted by molar-refractivity contribution is 6.05. The number of likely N-dealkylation sites (tertiary alicyclic amines) is 1. The Balaban J connectivity index is 1.37. The van der Waals surface area contributed by atoms with Crippen molar-refractivity contribution < 1.29 is 0 Å². The van der Waals surface area contributed by atoms with Crippen molar-refractivity contribution in [2.75, 3.05) is 26.7 Å². The van der Waals surface area contributed by atoms with E-state index in [1.165, 1.54) is 26.1 Å². The molecule has 22 heavy (non-hydrogen) atoms. The molecule has 2 unspecified atom stereocenters. The van der Waals surface area contributed by atoms with Gasteiger partial charge in [-0.05, 0) is 49.8 Å². The van der Waals surface area contributed by atoms with Crippen molar-refractivity contribution >= 4 is 11.7 Å². The lowest BCUT2D eigenvalue weighted by molar-refractivity contribution is 0.298. The standard InChI is InChI=1S/C17H27N5/c1-20-8-5-6-15(20)17(19)21(2)16(18)7-3-4-9-22-11-13-10-14(13)12-22/h5-6,8,13-14,18-19H,3-4,7,9-12H2,1-2H3. The molecular weight excluding hydrogens is 274 g/mol. The number of aryl methyl sites for hydroxylation is 1. The third-order valence-electron chi connectivity index (χ3n) is 5.12. The van der Waals surface area contributed by atoms with Crippen LogP contribution in [0, 0.1) is 22.7 Å². The van der Waals surface area contributed by atoms with Gasteiger partial charge in [0.05, 0.1) is 5.69 Å². The molecule has 5 heteroatoms. The highest BCUT2D eigenvalue weighted by Gasteiger charge is 2.44. The van der Waals surface area contributed by atoms with Gasteiger partial charge in [0.2, 0.25) is 0 Å². The first-order chi connectivity index (χ1) is 10.6. The van der Waals surface area contributed by atoms with Crippen molar-refractivity contribution in [2.45, 2.75) is 25.7 Å². The Morgan fingerprint density at radius 1 is 1.27 bits per heavy atom. The lowest BCUT2D eigenvalue weighted by atomic mass is 10.2. The zero-order valence-corrected chi connectivity index (χ0v) is 13.7. The van der Waals surface area contributed by atoms with Crippen molar-refractivity contribution in [1.82, 2.24) is 14.4 Å². The molecule has 2 fully saturated rings. The summed E-state index contributed by atoms with van der Waals surface area (Å²) in [7, 11) is 3.76. The largest absolute Gasteiger partial charge is 0.348 e. The Hall–Kier alpha value is -1.62. The van der Waals surface area contributed by atoms with Crippen LogP contribution < -0.4 is 0 Å². The SMILES string of the molecule is CN(C(=N)CCCCN1CC2CC2C1)C(=N)c1cccn1C. The van der Waals surface area contributed by atoms with Crippen LogP contribution in [0.3, 0.4) is 0 Å². The first-order valence-electron chi connectivity index (χ1n) is 8.30. The summed E-state index contributed by atoms with van der Waals surface area (Å²) in [6.07, 6.45) is 6.35. The summed E-state index contributed by atoms with van der Waals surface area (Å²) in [6.45, 7) is 3.79. The average molecular weight is 301 g/mol. The first kappa shape index (κ1) is 15.3. The van der Waals surface area contributed by atoms with Crippen molar-refractivity contribution in [1.29, 1.82) is 10.8 Å². The maximum absolute atomic E-state index is 8.22. The lowest BCUT2D eigenvalue weighted by Gasteiger charge is -2.22. The van der Waals surface area contributed by atoms with Gasteiger partial charge in [-0.3, -0.25) is 10.8 Å². The summed E-state index contributed by atoms with van der Waals surface area (Å²) >= 11 is 0. The molecule has 5 nitrogen and oxygen atoms in total. The van der Waals surface area contributed by atoms with Gasteiger partial charge in [0.15, 0.2) is 0 Å². The topological polar surface area (TPSA) is 59.1 Å². The predicted molar refractivity (Wildman–Crippen MR) is 89.6 cm³/mol. The number of fused-ring (bicyclic) bond motifs is 1. The summed E-state index contributed by atoms with van der Waals surface area (Å²) in [6, 6.07) is 3.85. The molecule has 1 aromatic heterocycles. The van der Waals surface area contributed by atoms with Crippen LogP contribution >= 0.6 is 0 Å². The van der Waals surface area contributed by atoms with Gasteiger partial charge >= 0.3 is 0 Å². The van der Waals surface area contributed by atoms with Crippen molar-refractivity contribution in [3.05, 3.63) is 24.0 Å². The van der Waals surface area contributed by atoms with Crippen molar-refractivity contribution in [2.24, 2.45) is 18.9 Å². The number of piperidine rings is 1. The van der Waals surface area contributed by atoms with E-state index >= 15 is 0 Å². The van der Waals surface area contributed by atoms with E-state index in [4.69, 9.17) is 10.8 Å². The van der Waals surface area contributed by atoms with Gasteiger partial charge in [0.1, 0.15) is 11.7 Å². The molecule has 1 aromatic rings. The number of amidine groups is 2. The number of hydrogen-bond acceptors (Lipinski definition) is 3. The molecule has 0 bridgehead atoms. The Kier molecular flexibility index (Phi) is 4.34. The molecule has 0 spiro atoms. The van der Waals surface area contributed by atoms with Crippen LogP contribution in [0.25, 0.3) is 0 Å². The molecular formula is C17H27N5. The predicted octanol–water partition coefficient (Wildman–Crippen LogP) is 2.38. The Morgan fingerprint density at radius 2 is 2.00 bits per heavy atom. The van der Waals surface area contributed by atoms with Crippen LogP contribution in [0.15, 0.2) is 18.3 Å². The van der Waals surface area contributed by atoms with Gasteiger partial charge in [0.25, 0.3) is 0 Å². The summed E-state index contributed by atoms with van der Waals surface area (Å²) in [4.78, 5) is 4.28. The van der Waals surface area contributed by atoms with Crippen LogP contribution in [-0.2, 0) is 7.05 Å². The number of rotatable bonds is 6. The molecule has 1 aliphatic carbocycles. The van der Waals surface area contributed by atoms with Gasteiger partial charge in [-0.2, -0.15) is 0 Å². The summed E-state index contributed by atoms with van der Waals surface area (Å²) < 4.78 is 1.92. The molecule has 2 N–H and O–H groups in total. The minimum atomic E-state index is 0.400. The van der Waals surface area contributed by atoms with E-state index in [0.29, 0.717) is 11.7 Å². The second-order valence-corrected chi connectivity index (χ2v) is 6.83. The molecule has 2 aliphatic rings. The smallest absolute Gasteiger partial charge is 0.150 e. The number of unbranched alkanes of at least 4 members (excludes halogenated alkanes) is 1. The second-order valence-electron chi connectivity index (χ2n) is 6.83. The van der Waals surface area contributed by atoms with Crippen LogP contribution in [0.4, 0.5) is 0 Å². The molecule has 0 amide bonds. The fourth-order valence-electron chi connectivity index (χ4n) is 3.49. The molecule has 1 saturated carbocycles. The zero-order valence-electron chi connectivity index (χ0n) is 13.7. The Morgan fingerprint density at radius 3 is 2.64 bits per heavy atom. The van der Waals surface area contributed by atoms with Crippen molar-refractivity contribution in [3.8, 4) is 0 Å². The number of hydrogen-bond donors (Lipinski definition) is 2. The third-order valence-corrected chi connectivity index (χ3v) is 5.12. The van der Waals surface area contributed by atoms with Crippen LogP contribution in [-0.4, -0.2) is 52.7 Å². The minimum absolute atomic E-state index is 0.400. The van der Waals surface area contributed by atoms with E-state index in [9.17, 15) is 0 Å². The van der Waals surface area contributed by atoms with Crippen molar-refractivity contribution in [3.63, 3.8) is 0 Å². The van der Waals surface area contributed by atoms with Gasteiger partial charge in [0, 0.05) is 39.8 Å². The Labute approximate surface area is 132 Å². The van der Waals surface area contributed by atoms with Crippen LogP contribution in [0.2, 0.25) is 0 Å². The van der Waals surface area contributed by atoms with Gasteiger partial charge in [-0.25, -0.2) is 0 Å². The van der Waals surface area contributed by atoms with Crippen LogP contribution in [0.1, 0.15) is 31.4 Å². The lowest BCUT2D eigenvalue weighted by Crippen LogP contribution is -2.33. The summed E-state index contributed by atoms with van der Waals surface area (Å²) in [5, 5.41) is 16.4. The number of nitrogens with one attached hydrogen (secondary N) is 2. The van der Waals surface area contributed by atoms with Crippen LogP contribution in [0.5, 0.6) is 0 Å². The number of aromatic nitrogens is 1. The molecule has 1 saturated heterocycles. The molecule has 0 radical (unpaired) electrons. The normalized spacial score (nSPS) is 23.4. The summed E-state index contributed by atoms with van der Waals surface area (Å²) in [5.41, 5.74) is 0.851. The minimum Gasteiger partial charge on any atom is -0.348 e. The first-order valence-corrected chi connectivity index (χ1v) is 8.30.